The summed E-state index contributed by atoms with van der Waals surface area (Å²) in [5, 5.41) is 6.07. The number of amides is 1. The summed E-state index contributed by atoms with van der Waals surface area (Å²) in [6.07, 6.45) is 3.43. The highest BCUT2D eigenvalue weighted by molar-refractivity contribution is 6.31. The van der Waals surface area contributed by atoms with Crippen LogP contribution in [0.1, 0.15) is 25.7 Å². The second-order valence-electron chi connectivity index (χ2n) is 4.80. The number of fused-ring (bicyclic) bond motifs is 1. The molecule has 0 atom stereocenters. The molecular formula is C12H12ClFN2O. The molecule has 3 nitrogen and oxygen atoms in total. The van der Waals surface area contributed by atoms with E-state index in [0.717, 1.165) is 19.3 Å². The van der Waals surface area contributed by atoms with Gasteiger partial charge >= 0.3 is 0 Å². The van der Waals surface area contributed by atoms with Crippen molar-refractivity contribution >= 4 is 28.9 Å². The van der Waals surface area contributed by atoms with Crippen molar-refractivity contribution < 1.29 is 9.18 Å². The summed E-state index contributed by atoms with van der Waals surface area (Å²) in [4.78, 5) is 11.8. The minimum atomic E-state index is -0.469. The van der Waals surface area contributed by atoms with Crippen LogP contribution in [-0.4, -0.2) is 11.4 Å². The summed E-state index contributed by atoms with van der Waals surface area (Å²) in [7, 11) is 0. The van der Waals surface area contributed by atoms with E-state index < -0.39 is 5.82 Å². The minimum Gasteiger partial charge on any atom is -0.377 e. The zero-order chi connectivity index (χ0) is 12.0. The molecule has 1 aliphatic heterocycles. The Labute approximate surface area is 103 Å². The maximum absolute atomic E-state index is 13.4. The van der Waals surface area contributed by atoms with Gasteiger partial charge in [-0.05, 0) is 25.3 Å². The predicted molar refractivity (Wildman–Crippen MR) is 64.9 cm³/mol. The summed E-state index contributed by atoms with van der Waals surface area (Å²) in [6, 6.07) is 2.80. The van der Waals surface area contributed by atoms with E-state index in [1.165, 1.54) is 12.1 Å². The Morgan fingerprint density at radius 1 is 1.29 bits per heavy atom. The molecule has 0 unspecified atom stereocenters. The maximum atomic E-state index is 13.4. The second kappa shape index (κ2) is 3.60. The Morgan fingerprint density at radius 3 is 2.71 bits per heavy atom. The van der Waals surface area contributed by atoms with Crippen LogP contribution >= 0.6 is 11.6 Å². The van der Waals surface area contributed by atoms with Crippen molar-refractivity contribution in [2.75, 3.05) is 10.6 Å². The van der Waals surface area contributed by atoms with Crippen LogP contribution in [-0.2, 0) is 4.79 Å². The molecule has 0 saturated heterocycles. The maximum Gasteiger partial charge on any atom is 0.226 e. The van der Waals surface area contributed by atoms with Gasteiger partial charge in [0.15, 0.2) is 0 Å². The molecule has 1 aromatic rings. The fourth-order valence-corrected chi connectivity index (χ4v) is 2.65. The predicted octanol–water partition coefficient (Wildman–Crippen LogP) is 3.16. The third-order valence-electron chi connectivity index (χ3n) is 3.54. The first-order valence-corrected chi connectivity index (χ1v) is 6.03. The molecule has 1 saturated carbocycles. The standard InChI is InChI=1S/C12H12ClFN2O/c13-7-4-9-10(5-8(7)14)16-12(2-1-3-12)6-11(17)15-9/h4-5,16H,1-3,6H2,(H,15,17). The molecule has 0 bridgehead atoms. The molecule has 2 aliphatic rings. The lowest BCUT2D eigenvalue weighted by Crippen LogP contribution is -2.46. The first-order valence-electron chi connectivity index (χ1n) is 5.65. The van der Waals surface area contributed by atoms with E-state index in [2.05, 4.69) is 10.6 Å². The molecule has 1 heterocycles. The SMILES string of the molecule is O=C1CC2(CCC2)Nc2cc(F)c(Cl)cc2N1. The van der Waals surface area contributed by atoms with Gasteiger partial charge in [0, 0.05) is 18.0 Å². The van der Waals surface area contributed by atoms with E-state index in [4.69, 9.17) is 11.6 Å². The van der Waals surface area contributed by atoms with E-state index in [1.54, 1.807) is 0 Å². The first-order chi connectivity index (χ1) is 8.08. The number of hydrogen-bond donors (Lipinski definition) is 2. The fraction of sp³-hybridized carbons (Fsp3) is 0.417. The van der Waals surface area contributed by atoms with Gasteiger partial charge in [-0.25, -0.2) is 4.39 Å². The fourth-order valence-electron chi connectivity index (χ4n) is 2.49. The monoisotopic (exact) mass is 254 g/mol. The molecule has 90 valence electrons. The van der Waals surface area contributed by atoms with E-state index in [9.17, 15) is 9.18 Å². The average molecular weight is 255 g/mol. The summed E-state index contributed by atoms with van der Waals surface area (Å²) < 4.78 is 13.4. The van der Waals surface area contributed by atoms with E-state index >= 15 is 0 Å². The summed E-state index contributed by atoms with van der Waals surface area (Å²) in [5.41, 5.74) is 0.998. The lowest BCUT2D eigenvalue weighted by molar-refractivity contribution is -0.117. The van der Waals surface area contributed by atoms with E-state index in [-0.39, 0.29) is 16.5 Å². The van der Waals surface area contributed by atoms with Crippen LogP contribution in [0.25, 0.3) is 0 Å². The Kier molecular flexibility index (Phi) is 2.30. The van der Waals surface area contributed by atoms with Crippen molar-refractivity contribution in [1.82, 2.24) is 0 Å². The number of carbonyl (C=O) groups is 1. The first kappa shape index (κ1) is 10.8. The van der Waals surface area contributed by atoms with Gasteiger partial charge < -0.3 is 10.6 Å². The van der Waals surface area contributed by atoms with Crippen molar-refractivity contribution in [3.63, 3.8) is 0 Å². The number of rotatable bonds is 0. The van der Waals surface area contributed by atoms with Gasteiger partial charge in [0.05, 0.1) is 16.4 Å². The number of hydrogen-bond acceptors (Lipinski definition) is 2. The topological polar surface area (TPSA) is 41.1 Å². The van der Waals surface area contributed by atoms with Crippen molar-refractivity contribution in [2.24, 2.45) is 0 Å². The zero-order valence-corrected chi connectivity index (χ0v) is 9.90. The highest BCUT2D eigenvalue weighted by atomic mass is 35.5. The van der Waals surface area contributed by atoms with Crippen molar-refractivity contribution in [3.05, 3.63) is 23.0 Å². The zero-order valence-electron chi connectivity index (χ0n) is 9.15. The number of benzene rings is 1. The quantitative estimate of drug-likeness (QED) is 0.747. The Morgan fingerprint density at radius 2 is 2.06 bits per heavy atom. The van der Waals surface area contributed by atoms with Gasteiger partial charge in [0.2, 0.25) is 5.91 Å². The lowest BCUT2D eigenvalue weighted by Gasteiger charge is -2.41. The molecule has 1 spiro atoms. The largest absolute Gasteiger partial charge is 0.377 e. The normalized spacial score (nSPS) is 20.9. The molecule has 0 aromatic heterocycles. The molecule has 17 heavy (non-hydrogen) atoms. The summed E-state index contributed by atoms with van der Waals surface area (Å²) in [5.74, 6) is -0.512. The van der Waals surface area contributed by atoms with Crippen LogP contribution in [0.2, 0.25) is 5.02 Å². The Bertz CT molecular complexity index is 500. The van der Waals surface area contributed by atoms with Crippen LogP contribution in [0.5, 0.6) is 0 Å². The number of carbonyl (C=O) groups excluding carboxylic acids is 1. The van der Waals surface area contributed by atoms with Gasteiger partial charge in [0.25, 0.3) is 0 Å². The lowest BCUT2D eigenvalue weighted by atomic mass is 9.74. The minimum absolute atomic E-state index is 0.0235. The van der Waals surface area contributed by atoms with E-state index in [1.807, 2.05) is 0 Å². The van der Waals surface area contributed by atoms with Crippen LogP contribution in [0, 0.1) is 5.82 Å². The Balaban J connectivity index is 2.05. The average Bonchev–Trinajstić information content (AvgIpc) is 2.35. The van der Waals surface area contributed by atoms with Crippen molar-refractivity contribution in [1.29, 1.82) is 0 Å². The number of halogens is 2. The van der Waals surface area contributed by atoms with Crippen LogP contribution < -0.4 is 10.6 Å². The third-order valence-corrected chi connectivity index (χ3v) is 3.83. The van der Waals surface area contributed by atoms with Gasteiger partial charge in [-0.1, -0.05) is 11.6 Å². The Hall–Kier alpha value is -1.29. The van der Waals surface area contributed by atoms with E-state index in [0.29, 0.717) is 17.8 Å². The molecule has 1 aromatic carbocycles. The molecule has 1 aliphatic carbocycles. The molecule has 3 rings (SSSR count). The molecular weight excluding hydrogens is 243 g/mol. The molecule has 5 heteroatoms. The summed E-state index contributed by atoms with van der Waals surface area (Å²) in [6.45, 7) is 0. The highest BCUT2D eigenvalue weighted by Gasteiger charge is 2.41. The number of anilines is 2. The van der Waals surface area contributed by atoms with Gasteiger partial charge in [0.1, 0.15) is 5.82 Å². The molecule has 2 N–H and O–H groups in total. The van der Waals surface area contributed by atoms with Gasteiger partial charge in [-0.2, -0.15) is 0 Å². The van der Waals surface area contributed by atoms with Gasteiger partial charge in [-0.3, -0.25) is 4.79 Å². The molecule has 1 fully saturated rings. The van der Waals surface area contributed by atoms with Gasteiger partial charge in [-0.15, -0.1) is 0 Å². The van der Waals surface area contributed by atoms with Crippen LogP contribution in [0.4, 0.5) is 15.8 Å². The molecule has 0 radical (unpaired) electrons. The number of nitrogens with one attached hydrogen (secondary N) is 2. The second-order valence-corrected chi connectivity index (χ2v) is 5.20. The van der Waals surface area contributed by atoms with Crippen molar-refractivity contribution in [2.45, 2.75) is 31.2 Å². The summed E-state index contributed by atoms with van der Waals surface area (Å²) >= 11 is 5.71. The van der Waals surface area contributed by atoms with Crippen LogP contribution in [0.15, 0.2) is 12.1 Å². The highest BCUT2D eigenvalue weighted by Crippen LogP contribution is 2.43. The smallest absolute Gasteiger partial charge is 0.226 e. The molecule has 1 amide bonds. The van der Waals surface area contributed by atoms with Crippen LogP contribution in [0.3, 0.4) is 0 Å². The van der Waals surface area contributed by atoms with Crippen molar-refractivity contribution in [3.8, 4) is 0 Å². The third kappa shape index (κ3) is 1.76.